The van der Waals surface area contributed by atoms with Crippen molar-refractivity contribution in [2.24, 2.45) is 5.73 Å². The van der Waals surface area contributed by atoms with Crippen LogP contribution in [0.2, 0.25) is 0 Å². The Hall–Kier alpha value is -1.65. The van der Waals surface area contributed by atoms with Crippen LogP contribution in [0.1, 0.15) is 31.2 Å². The molecular formula is C18H28N3O+. The highest BCUT2D eigenvalue weighted by atomic mass is 16.3. The third kappa shape index (κ3) is 4.68. The molecule has 4 nitrogen and oxygen atoms in total. The number of rotatable bonds is 8. The maximum absolute atomic E-state index is 5.65. The van der Waals surface area contributed by atoms with Gasteiger partial charge >= 0.3 is 0 Å². The number of fused-ring (bicyclic) bond motifs is 1. The van der Waals surface area contributed by atoms with Gasteiger partial charge in [0.2, 0.25) is 5.89 Å². The van der Waals surface area contributed by atoms with E-state index >= 15 is 0 Å². The molecule has 0 saturated carbocycles. The van der Waals surface area contributed by atoms with Crippen LogP contribution in [0.5, 0.6) is 0 Å². The molecule has 0 radical (unpaired) electrons. The van der Waals surface area contributed by atoms with Crippen LogP contribution in [-0.4, -0.2) is 43.2 Å². The number of nitrogens with zero attached hydrogens (tertiary/aromatic N) is 2. The fraction of sp³-hybridized carbons (Fsp3) is 0.500. The summed E-state index contributed by atoms with van der Waals surface area (Å²) in [6.45, 7) is 5.05. The average molecular weight is 302 g/mol. The van der Waals surface area contributed by atoms with Gasteiger partial charge in [0.05, 0.1) is 27.2 Å². The molecule has 0 amide bonds. The Morgan fingerprint density at radius 1 is 1.23 bits per heavy atom. The fourth-order valence-electron chi connectivity index (χ4n) is 2.70. The molecule has 0 bridgehead atoms. The van der Waals surface area contributed by atoms with E-state index in [-0.39, 0.29) is 0 Å². The number of benzene rings is 1. The van der Waals surface area contributed by atoms with E-state index in [0.717, 1.165) is 41.5 Å². The predicted molar refractivity (Wildman–Crippen MR) is 92.6 cm³/mol. The quantitative estimate of drug-likeness (QED) is 0.762. The number of aromatic nitrogens is 1. The SMILES string of the molecule is C/C=C/c1nc2cc(CCC[N+](C)(C)CCCN)ccc2o1. The van der Waals surface area contributed by atoms with Gasteiger partial charge in [0, 0.05) is 12.8 Å². The summed E-state index contributed by atoms with van der Waals surface area (Å²) in [6, 6.07) is 6.32. The average Bonchev–Trinajstić information content (AvgIpc) is 2.87. The van der Waals surface area contributed by atoms with E-state index in [1.807, 2.05) is 25.1 Å². The molecular weight excluding hydrogens is 274 g/mol. The Morgan fingerprint density at radius 3 is 2.73 bits per heavy atom. The molecule has 1 aromatic heterocycles. The van der Waals surface area contributed by atoms with Crippen LogP contribution < -0.4 is 5.73 Å². The second-order valence-corrected chi connectivity index (χ2v) is 6.48. The molecule has 2 aromatic rings. The second-order valence-electron chi connectivity index (χ2n) is 6.48. The van der Waals surface area contributed by atoms with E-state index in [0.29, 0.717) is 5.89 Å². The summed E-state index contributed by atoms with van der Waals surface area (Å²) in [7, 11) is 4.56. The number of hydrogen-bond donors (Lipinski definition) is 1. The lowest BCUT2D eigenvalue weighted by atomic mass is 10.1. The third-order valence-corrected chi connectivity index (χ3v) is 3.97. The summed E-state index contributed by atoms with van der Waals surface area (Å²) in [4.78, 5) is 4.49. The lowest BCUT2D eigenvalue weighted by Gasteiger charge is -2.29. The van der Waals surface area contributed by atoms with E-state index in [9.17, 15) is 0 Å². The van der Waals surface area contributed by atoms with Crippen molar-refractivity contribution in [3.05, 3.63) is 35.7 Å². The Balaban J connectivity index is 1.94. The number of aryl methyl sites for hydroxylation is 1. The van der Waals surface area contributed by atoms with E-state index in [1.165, 1.54) is 18.5 Å². The van der Waals surface area contributed by atoms with Gasteiger partial charge in [-0.3, -0.25) is 0 Å². The molecule has 0 saturated heterocycles. The molecule has 120 valence electrons. The van der Waals surface area contributed by atoms with Gasteiger partial charge in [-0.2, -0.15) is 0 Å². The van der Waals surface area contributed by atoms with Crippen LogP contribution in [-0.2, 0) is 6.42 Å². The van der Waals surface area contributed by atoms with Crippen molar-refractivity contribution in [1.82, 2.24) is 4.98 Å². The molecule has 22 heavy (non-hydrogen) atoms. The molecule has 1 heterocycles. The second kappa shape index (κ2) is 7.56. The highest BCUT2D eigenvalue weighted by Crippen LogP contribution is 2.19. The first-order chi connectivity index (χ1) is 10.5. The molecule has 0 unspecified atom stereocenters. The number of oxazole rings is 1. The summed E-state index contributed by atoms with van der Waals surface area (Å²) >= 11 is 0. The van der Waals surface area contributed by atoms with Crippen LogP contribution in [0.15, 0.2) is 28.7 Å². The number of allylic oxidation sites excluding steroid dienone is 1. The van der Waals surface area contributed by atoms with Gasteiger partial charge in [0.1, 0.15) is 5.52 Å². The Morgan fingerprint density at radius 2 is 2.00 bits per heavy atom. The van der Waals surface area contributed by atoms with Crippen molar-refractivity contribution in [3.8, 4) is 0 Å². The lowest BCUT2D eigenvalue weighted by molar-refractivity contribution is -0.890. The maximum Gasteiger partial charge on any atom is 0.219 e. The number of hydrogen-bond acceptors (Lipinski definition) is 3. The standard InChI is InChI=1S/C18H28N3O/c1-4-7-18-20-16-14-15(9-10-17(16)22-18)8-5-12-21(2,3)13-6-11-19/h4,7,9-10,14H,5-6,8,11-13,19H2,1-3H3/q+1/b7-4+. The van der Waals surface area contributed by atoms with Crippen molar-refractivity contribution in [3.63, 3.8) is 0 Å². The molecule has 0 aliphatic heterocycles. The molecule has 0 atom stereocenters. The summed E-state index contributed by atoms with van der Waals surface area (Å²) in [5, 5.41) is 0. The van der Waals surface area contributed by atoms with Crippen LogP contribution >= 0.6 is 0 Å². The minimum atomic E-state index is 0.675. The molecule has 0 aliphatic carbocycles. The van der Waals surface area contributed by atoms with Gasteiger partial charge in [-0.1, -0.05) is 12.1 Å². The summed E-state index contributed by atoms with van der Waals surface area (Å²) in [5.74, 6) is 0.675. The summed E-state index contributed by atoms with van der Waals surface area (Å²) in [5.41, 5.74) is 8.73. The largest absolute Gasteiger partial charge is 0.437 e. The zero-order valence-corrected chi connectivity index (χ0v) is 14.0. The predicted octanol–water partition coefficient (Wildman–Crippen LogP) is 3.22. The van der Waals surface area contributed by atoms with Gasteiger partial charge in [0.25, 0.3) is 0 Å². The van der Waals surface area contributed by atoms with Crippen LogP contribution in [0.4, 0.5) is 0 Å². The first kappa shape index (κ1) is 16.7. The molecule has 2 N–H and O–H groups in total. The topological polar surface area (TPSA) is 52.0 Å². The van der Waals surface area contributed by atoms with Gasteiger partial charge in [-0.25, -0.2) is 4.98 Å². The van der Waals surface area contributed by atoms with E-state index < -0.39 is 0 Å². The zero-order valence-electron chi connectivity index (χ0n) is 14.0. The molecule has 2 rings (SSSR count). The van der Waals surface area contributed by atoms with E-state index in [1.54, 1.807) is 0 Å². The monoisotopic (exact) mass is 302 g/mol. The van der Waals surface area contributed by atoms with Gasteiger partial charge in [-0.05, 0) is 43.7 Å². The normalized spacial score (nSPS) is 12.5. The van der Waals surface area contributed by atoms with Crippen LogP contribution in [0, 0.1) is 0 Å². The highest BCUT2D eigenvalue weighted by Gasteiger charge is 2.13. The van der Waals surface area contributed by atoms with Gasteiger partial charge in [-0.15, -0.1) is 0 Å². The van der Waals surface area contributed by atoms with Crippen molar-refractivity contribution in [1.29, 1.82) is 0 Å². The lowest BCUT2D eigenvalue weighted by Crippen LogP contribution is -2.42. The minimum Gasteiger partial charge on any atom is -0.437 e. The van der Waals surface area contributed by atoms with Crippen molar-refractivity contribution >= 4 is 17.2 Å². The Labute approximate surface area is 133 Å². The maximum atomic E-state index is 5.65. The third-order valence-electron chi connectivity index (χ3n) is 3.97. The molecule has 1 aromatic carbocycles. The van der Waals surface area contributed by atoms with E-state index in [4.69, 9.17) is 10.2 Å². The summed E-state index contributed by atoms with van der Waals surface area (Å²) in [6.07, 6.45) is 7.16. The number of nitrogens with two attached hydrogens (primary N) is 1. The first-order valence-electron chi connectivity index (χ1n) is 8.08. The fourth-order valence-corrected chi connectivity index (χ4v) is 2.70. The Bertz CT molecular complexity index is 628. The highest BCUT2D eigenvalue weighted by molar-refractivity contribution is 5.74. The van der Waals surface area contributed by atoms with Gasteiger partial charge in [0.15, 0.2) is 5.58 Å². The molecule has 0 spiro atoms. The van der Waals surface area contributed by atoms with Crippen LogP contribution in [0.25, 0.3) is 17.2 Å². The first-order valence-corrected chi connectivity index (χ1v) is 8.08. The van der Waals surface area contributed by atoms with Crippen molar-refractivity contribution in [2.45, 2.75) is 26.2 Å². The van der Waals surface area contributed by atoms with Gasteiger partial charge < -0.3 is 14.6 Å². The molecule has 0 fully saturated rings. The van der Waals surface area contributed by atoms with E-state index in [2.05, 4.69) is 31.2 Å². The molecule has 0 aliphatic rings. The van der Waals surface area contributed by atoms with Crippen molar-refractivity contribution < 1.29 is 8.90 Å². The molecule has 4 heteroatoms. The van der Waals surface area contributed by atoms with Crippen molar-refractivity contribution in [2.75, 3.05) is 33.7 Å². The van der Waals surface area contributed by atoms with Crippen LogP contribution in [0.3, 0.4) is 0 Å². The minimum absolute atomic E-state index is 0.675. The zero-order chi connectivity index (χ0) is 16.0. The number of quaternary nitrogens is 1. The Kier molecular flexibility index (Phi) is 5.75. The summed E-state index contributed by atoms with van der Waals surface area (Å²) < 4.78 is 6.69. The smallest absolute Gasteiger partial charge is 0.219 e.